The third-order valence-electron chi connectivity index (χ3n) is 5.94. The SMILES string of the molecule is Cc1cc(C)c(S(=O)(=O)N[C@H](Cc2ccccc2)C(=O)Nc2cc(Cl)ccc2Oc2ccccc2)c(C)c1. The molecule has 0 bridgehead atoms. The van der Waals surface area contributed by atoms with E-state index in [9.17, 15) is 13.2 Å². The van der Waals surface area contributed by atoms with Crippen molar-refractivity contribution in [1.29, 1.82) is 0 Å². The number of para-hydroxylation sites is 1. The lowest BCUT2D eigenvalue weighted by Gasteiger charge is -2.21. The summed E-state index contributed by atoms with van der Waals surface area (Å²) in [5, 5.41) is 3.22. The summed E-state index contributed by atoms with van der Waals surface area (Å²) < 4.78 is 35.7. The first-order valence-corrected chi connectivity index (χ1v) is 14.0. The molecule has 0 aromatic heterocycles. The molecule has 1 amide bonds. The first-order chi connectivity index (χ1) is 18.1. The number of carbonyl (C=O) groups excluding carboxylic acids is 1. The van der Waals surface area contributed by atoms with Crippen LogP contribution in [0.25, 0.3) is 0 Å². The molecule has 0 radical (unpaired) electrons. The molecule has 0 aliphatic carbocycles. The first-order valence-electron chi connectivity index (χ1n) is 12.1. The van der Waals surface area contributed by atoms with Gasteiger partial charge in [0.25, 0.3) is 0 Å². The highest BCUT2D eigenvalue weighted by atomic mass is 35.5. The number of hydrogen-bond donors (Lipinski definition) is 2. The van der Waals surface area contributed by atoms with Gasteiger partial charge in [0, 0.05) is 5.02 Å². The van der Waals surface area contributed by atoms with Crippen molar-refractivity contribution in [3.05, 3.63) is 118 Å². The summed E-state index contributed by atoms with van der Waals surface area (Å²) >= 11 is 6.23. The molecule has 4 aromatic rings. The fraction of sp³-hybridized carbons (Fsp3) is 0.167. The molecule has 6 nitrogen and oxygen atoms in total. The standard InChI is InChI=1S/C30H29ClN2O4S/c1-20-16-21(2)29(22(3)17-20)38(35,36)33-27(18-23-10-6-4-7-11-23)30(34)32-26-19-24(31)14-15-28(26)37-25-12-8-5-9-13-25/h4-17,19,27,33H,18H2,1-3H3,(H,32,34)/t27-/m1/s1. The molecule has 0 aliphatic heterocycles. The average molecular weight is 549 g/mol. The van der Waals surface area contributed by atoms with Gasteiger partial charge in [-0.25, -0.2) is 8.42 Å². The van der Waals surface area contributed by atoms with Gasteiger partial charge in [-0.05, 0) is 74.2 Å². The van der Waals surface area contributed by atoms with Crippen LogP contribution < -0.4 is 14.8 Å². The fourth-order valence-corrected chi connectivity index (χ4v) is 6.22. The Morgan fingerprint density at radius 1 is 0.868 bits per heavy atom. The summed E-state index contributed by atoms with van der Waals surface area (Å²) in [6.45, 7) is 5.41. The van der Waals surface area contributed by atoms with E-state index in [1.165, 1.54) is 0 Å². The zero-order chi connectivity index (χ0) is 27.3. The summed E-state index contributed by atoms with van der Waals surface area (Å²) in [4.78, 5) is 13.8. The molecule has 8 heteroatoms. The summed E-state index contributed by atoms with van der Waals surface area (Å²) in [7, 11) is -4.03. The van der Waals surface area contributed by atoms with Crippen LogP contribution in [-0.2, 0) is 21.2 Å². The Kier molecular flexibility index (Phi) is 8.52. The van der Waals surface area contributed by atoms with Crippen molar-refractivity contribution in [1.82, 2.24) is 4.72 Å². The van der Waals surface area contributed by atoms with Crippen molar-refractivity contribution in [2.75, 3.05) is 5.32 Å². The Morgan fingerprint density at radius 3 is 2.11 bits per heavy atom. The maximum atomic E-state index is 13.6. The van der Waals surface area contributed by atoms with Crippen LogP contribution in [0.2, 0.25) is 5.02 Å². The number of halogens is 1. The van der Waals surface area contributed by atoms with E-state index in [2.05, 4.69) is 10.0 Å². The molecule has 0 heterocycles. The van der Waals surface area contributed by atoms with E-state index in [1.807, 2.05) is 67.6 Å². The van der Waals surface area contributed by atoms with Crippen LogP contribution in [0.4, 0.5) is 5.69 Å². The molecule has 0 unspecified atom stereocenters. The summed E-state index contributed by atoms with van der Waals surface area (Å²) in [6.07, 6.45) is 0.144. The number of benzene rings is 4. The lowest BCUT2D eigenvalue weighted by Crippen LogP contribution is -2.45. The lowest BCUT2D eigenvalue weighted by molar-refractivity contribution is -0.117. The molecule has 1 atom stereocenters. The monoisotopic (exact) mass is 548 g/mol. The van der Waals surface area contributed by atoms with Crippen molar-refractivity contribution in [2.45, 2.75) is 38.1 Å². The molecule has 0 fully saturated rings. The highest BCUT2D eigenvalue weighted by Crippen LogP contribution is 2.32. The van der Waals surface area contributed by atoms with Crippen molar-refractivity contribution in [3.8, 4) is 11.5 Å². The number of ether oxygens (including phenoxy) is 1. The van der Waals surface area contributed by atoms with Gasteiger partial charge in [0.05, 0.1) is 10.6 Å². The minimum Gasteiger partial charge on any atom is -0.455 e. The number of carbonyl (C=O) groups is 1. The number of hydrogen-bond acceptors (Lipinski definition) is 4. The molecule has 0 saturated heterocycles. The molecule has 196 valence electrons. The number of aryl methyl sites for hydroxylation is 3. The van der Waals surface area contributed by atoms with E-state index in [0.717, 1.165) is 11.1 Å². The molecule has 4 rings (SSSR count). The van der Waals surface area contributed by atoms with Gasteiger partial charge in [-0.1, -0.05) is 77.8 Å². The smallest absolute Gasteiger partial charge is 0.243 e. The van der Waals surface area contributed by atoms with E-state index in [0.29, 0.717) is 33.3 Å². The number of rotatable bonds is 9. The molecule has 0 spiro atoms. The van der Waals surface area contributed by atoms with Crippen LogP contribution in [0.15, 0.2) is 95.9 Å². The van der Waals surface area contributed by atoms with E-state index in [4.69, 9.17) is 16.3 Å². The molecule has 0 aliphatic rings. The van der Waals surface area contributed by atoms with Gasteiger partial charge in [-0.2, -0.15) is 4.72 Å². The van der Waals surface area contributed by atoms with Crippen LogP contribution in [0.3, 0.4) is 0 Å². The predicted octanol–water partition coefficient (Wildman–Crippen LogP) is 6.59. The largest absolute Gasteiger partial charge is 0.455 e. The maximum absolute atomic E-state index is 13.6. The van der Waals surface area contributed by atoms with E-state index < -0.39 is 22.0 Å². The van der Waals surface area contributed by atoms with Gasteiger partial charge in [-0.15, -0.1) is 0 Å². The Morgan fingerprint density at radius 2 is 1.47 bits per heavy atom. The van der Waals surface area contributed by atoms with Crippen LogP contribution in [0.1, 0.15) is 22.3 Å². The van der Waals surface area contributed by atoms with Crippen molar-refractivity contribution >= 4 is 33.2 Å². The molecular formula is C30H29ClN2O4S. The topological polar surface area (TPSA) is 84.5 Å². The third kappa shape index (κ3) is 6.81. The lowest BCUT2D eigenvalue weighted by atomic mass is 10.1. The van der Waals surface area contributed by atoms with Crippen LogP contribution in [0.5, 0.6) is 11.5 Å². The Hall–Kier alpha value is -3.65. The number of nitrogens with one attached hydrogen (secondary N) is 2. The summed E-state index contributed by atoms with van der Waals surface area (Å²) in [6, 6.07) is 25.8. The van der Waals surface area contributed by atoms with Crippen LogP contribution >= 0.6 is 11.6 Å². The molecule has 0 saturated carbocycles. The van der Waals surface area contributed by atoms with Gasteiger partial charge < -0.3 is 10.1 Å². The van der Waals surface area contributed by atoms with Gasteiger partial charge >= 0.3 is 0 Å². The van der Waals surface area contributed by atoms with Crippen LogP contribution in [-0.4, -0.2) is 20.4 Å². The average Bonchev–Trinajstić information content (AvgIpc) is 2.85. The second-order valence-corrected chi connectivity index (χ2v) is 11.2. The van der Waals surface area contributed by atoms with E-state index >= 15 is 0 Å². The zero-order valence-corrected chi connectivity index (χ0v) is 22.9. The molecule has 2 N–H and O–H groups in total. The van der Waals surface area contributed by atoms with Gasteiger partial charge in [-0.3, -0.25) is 4.79 Å². The Labute approximate surface area is 228 Å². The Balaban J connectivity index is 1.66. The number of amides is 1. The predicted molar refractivity (Wildman–Crippen MR) is 152 cm³/mol. The Bertz CT molecular complexity index is 1520. The summed E-state index contributed by atoms with van der Waals surface area (Å²) in [5.74, 6) is 0.415. The van der Waals surface area contributed by atoms with Crippen LogP contribution in [0, 0.1) is 20.8 Å². The van der Waals surface area contributed by atoms with Crippen molar-refractivity contribution in [2.24, 2.45) is 0 Å². The van der Waals surface area contributed by atoms with Gasteiger partial charge in [0.15, 0.2) is 5.75 Å². The summed E-state index contributed by atoms with van der Waals surface area (Å²) in [5.41, 5.74) is 3.32. The molecule has 38 heavy (non-hydrogen) atoms. The highest BCUT2D eigenvalue weighted by Gasteiger charge is 2.29. The highest BCUT2D eigenvalue weighted by molar-refractivity contribution is 7.89. The third-order valence-corrected chi connectivity index (χ3v) is 7.95. The second-order valence-electron chi connectivity index (χ2n) is 9.14. The quantitative estimate of drug-likeness (QED) is 0.247. The fourth-order valence-electron chi connectivity index (χ4n) is 4.40. The van der Waals surface area contributed by atoms with Crippen molar-refractivity contribution < 1.29 is 17.9 Å². The second kappa shape index (κ2) is 11.8. The maximum Gasteiger partial charge on any atom is 0.243 e. The normalized spacial score (nSPS) is 12.1. The minimum atomic E-state index is -4.03. The van der Waals surface area contributed by atoms with E-state index in [-0.39, 0.29) is 11.3 Å². The first kappa shape index (κ1) is 27.4. The van der Waals surface area contributed by atoms with Gasteiger partial charge in [0.1, 0.15) is 11.8 Å². The van der Waals surface area contributed by atoms with E-state index in [1.54, 1.807) is 44.2 Å². The number of sulfonamides is 1. The zero-order valence-electron chi connectivity index (χ0n) is 21.4. The van der Waals surface area contributed by atoms with Crippen molar-refractivity contribution in [3.63, 3.8) is 0 Å². The minimum absolute atomic E-state index is 0.144. The molecular weight excluding hydrogens is 520 g/mol. The molecule has 4 aromatic carbocycles. The number of anilines is 1. The van der Waals surface area contributed by atoms with Gasteiger partial charge in [0.2, 0.25) is 15.9 Å².